The number of halogens is 1. The van der Waals surface area contributed by atoms with Crippen LogP contribution in [0.4, 0.5) is 5.69 Å². The molecule has 4 aromatic rings. The summed E-state index contributed by atoms with van der Waals surface area (Å²) in [6, 6.07) is 15.7. The molecule has 0 aliphatic carbocycles. The van der Waals surface area contributed by atoms with Crippen LogP contribution in [0.15, 0.2) is 54.7 Å². The zero-order valence-electron chi connectivity index (χ0n) is 15.2. The van der Waals surface area contributed by atoms with Gasteiger partial charge in [0, 0.05) is 17.0 Å². The molecule has 0 aliphatic heterocycles. The molecule has 27 heavy (non-hydrogen) atoms. The standard InChI is InChI=1S/C21H18N3O2.HI/c1-13-4-9-20-15(10-13)11-16(12-23(20)3)18-8-6-17-19(22-18)7-5-14(2)21(17)24(25)26;/h4-12H,1-3H3;1H/q+1;/p-1. The molecular formula is C21H18IN3O2. The summed E-state index contributed by atoms with van der Waals surface area (Å²) in [6.45, 7) is 3.82. The molecule has 0 bridgehead atoms. The molecule has 0 atom stereocenters. The van der Waals surface area contributed by atoms with E-state index in [4.69, 9.17) is 0 Å². The van der Waals surface area contributed by atoms with Gasteiger partial charge in [0.2, 0.25) is 5.52 Å². The van der Waals surface area contributed by atoms with Gasteiger partial charge in [-0.2, -0.15) is 0 Å². The van der Waals surface area contributed by atoms with Crippen molar-refractivity contribution in [3.05, 3.63) is 76.0 Å². The van der Waals surface area contributed by atoms with Crippen molar-refractivity contribution in [3.8, 4) is 11.3 Å². The SMILES string of the molecule is Cc1ccc2c(c1)cc(-c1ccc3c([N+](=O)[O-])c(C)ccc3n1)c[n+]2C.[I-]. The van der Waals surface area contributed by atoms with Crippen molar-refractivity contribution in [2.75, 3.05) is 0 Å². The van der Waals surface area contributed by atoms with Gasteiger partial charge in [-0.15, -0.1) is 0 Å². The van der Waals surface area contributed by atoms with E-state index < -0.39 is 0 Å². The molecule has 2 aromatic carbocycles. The zero-order chi connectivity index (χ0) is 18.4. The smallest absolute Gasteiger partial charge is 0.281 e. The van der Waals surface area contributed by atoms with Gasteiger partial charge in [-0.25, -0.2) is 9.55 Å². The normalized spacial score (nSPS) is 10.8. The Morgan fingerprint density at radius 2 is 1.81 bits per heavy atom. The number of hydrogen-bond acceptors (Lipinski definition) is 3. The zero-order valence-corrected chi connectivity index (χ0v) is 17.4. The highest BCUT2D eigenvalue weighted by atomic mass is 127. The number of rotatable bonds is 2. The Balaban J connectivity index is 0.00000210. The van der Waals surface area contributed by atoms with Crippen LogP contribution in [0.25, 0.3) is 33.1 Å². The van der Waals surface area contributed by atoms with Gasteiger partial charge in [0.25, 0.3) is 5.69 Å². The molecule has 0 saturated heterocycles. The average Bonchev–Trinajstić information content (AvgIpc) is 2.60. The maximum Gasteiger partial charge on any atom is 0.281 e. The van der Waals surface area contributed by atoms with Crippen LogP contribution >= 0.6 is 0 Å². The number of nitrogens with zero attached hydrogens (tertiary/aromatic N) is 3. The van der Waals surface area contributed by atoms with Crippen molar-refractivity contribution in [2.24, 2.45) is 7.05 Å². The predicted octanol–water partition coefficient (Wildman–Crippen LogP) is 1.41. The van der Waals surface area contributed by atoms with Gasteiger partial charge in [0.05, 0.1) is 27.1 Å². The molecule has 0 saturated carbocycles. The molecule has 0 aliphatic rings. The summed E-state index contributed by atoms with van der Waals surface area (Å²) in [6.07, 6.45) is 2.04. The Morgan fingerprint density at radius 3 is 2.56 bits per heavy atom. The first-order chi connectivity index (χ1) is 12.4. The van der Waals surface area contributed by atoms with Crippen LogP contribution in [0.1, 0.15) is 11.1 Å². The van der Waals surface area contributed by atoms with Crippen molar-refractivity contribution in [2.45, 2.75) is 13.8 Å². The first-order valence-electron chi connectivity index (χ1n) is 8.39. The Labute approximate surface area is 173 Å². The van der Waals surface area contributed by atoms with E-state index in [9.17, 15) is 10.1 Å². The predicted molar refractivity (Wildman–Crippen MR) is 102 cm³/mol. The number of aromatic nitrogens is 2. The first kappa shape index (κ1) is 19.2. The molecule has 5 nitrogen and oxygen atoms in total. The van der Waals surface area contributed by atoms with Crippen molar-refractivity contribution in [3.63, 3.8) is 0 Å². The number of nitro groups is 1. The summed E-state index contributed by atoms with van der Waals surface area (Å²) in [5.41, 5.74) is 5.53. The van der Waals surface area contributed by atoms with E-state index in [1.54, 1.807) is 19.1 Å². The lowest BCUT2D eigenvalue weighted by molar-refractivity contribution is -0.644. The first-order valence-corrected chi connectivity index (χ1v) is 8.39. The van der Waals surface area contributed by atoms with Crippen LogP contribution in [0, 0.1) is 24.0 Å². The summed E-state index contributed by atoms with van der Waals surface area (Å²) in [7, 11) is 2.01. The van der Waals surface area contributed by atoms with E-state index in [1.165, 1.54) is 5.56 Å². The quantitative estimate of drug-likeness (QED) is 0.192. The Kier molecular flexibility index (Phi) is 5.10. The summed E-state index contributed by atoms with van der Waals surface area (Å²) in [4.78, 5) is 15.7. The van der Waals surface area contributed by atoms with Crippen molar-refractivity contribution in [1.29, 1.82) is 0 Å². The fraction of sp³-hybridized carbons (Fsp3) is 0.143. The van der Waals surface area contributed by atoms with E-state index in [1.807, 2.05) is 25.4 Å². The van der Waals surface area contributed by atoms with E-state index in [-0.39, 0.29) is 34.6 Å². The molecule has 0 unspecified atom stereocenters. The van der Waals surface area contributed by atoms with Gasteiger partial charge in [-0.3, -0.25) is 10.1 Å². The largest absolute Gasteiger partial charge is 1.00 e. The average molecular weight is 471 g/mol. The maximum absolute atomic E-state index is 11.4. The third-order valence-electron chi connectivity index (χ3n) is 4.73. The highest BCUT2D eigenvalue weighted by Crippen LogP contribution is 2.30. The van der Waals surface area contributed by atoms with Crippen LogP contribution < -0.4 is 28.5 Å². The summed E-state index contributed by atoms with van der Waals surface area (Å²) in [5, 5.41) is 13.1. The van der Waals surface area contributed by atoms with Gasteiger partial charge in [0.15, 0.2) is 6.20 Å². The molecule has 2 aromatic heterocycles. The van der Waals surface area contributed by atoms with Crippen LogP contribution in [0.3, 0.4) is 0 Å². The number of benzene rings is 2. The highest BCUT2D eigenvalue weighted by molar-refractivity contribution is 5.91. The fourth-order valence-electron chi connectivity index (χ4n) is 3.43. The minimum atomic E-state index is -0.335. The topological polar surface area (TPSA) is 59.9 Å². The van der Waals surface area contributed by atoms with Crippen molar-refractivity contribution < 1.29 is 33.5 Å². The second-order valence-corrected chi connectivity index (χ2v) is 6.65. The molecule has 4 rings (SSSR count). The summed E-state index contributed by atoms with van der Waals surface area (Å²) >= 11 is 0. The van der Waals surface area contributed by atoms with E-state index in [0.29, 0.717) is 16.5 Å². The van der Waals surface area contributed by atoms with Crippen LogP contribution in [-0.2, 0) is 7.05 Å². The minimum Gasteiger partial charge on any atom is -1.00 e. The van der Waals surface area contributed by atoms with E-state index in [2.05, 4.69) is 40.7 Å². The molecule has 0 spiro atoms. The van der Waals surface area contributed by atoms with Gasteiger partial charge < -0.3 is 24.0 Å². The molecule has 136 valence electrons. The van der Waals surface area contributed by atoms with Crippen molar-refractivity contribution >= 4 is 27.5 Å². The molecule has 0 fully saturated rings. The monoisotopic (exact) mass is 471 g/mol. The fourth-order valence-corrected chi connectivity index (χ4v) is 3.43. The minimum absolute atomic E-state index is 0. The molecule has 0 N–H and O–H groups in total. The third kappa shape index (κ3) is 3.37. The second kappa shape index (κ2) is 7.19. The lowest BCUT2D eigenvalue weighted by atomic mass is 10.0. The number of nitro benzene ring substituents is 1. The number of aryl methyl sites for hydroxylation is 3. The van der Waals surface area contributed by atoms with Gasteiger partial charge in [0.1, 0.15) is 7.05 Å². The van der Waals surface area contributed by atoms with E-state index in [0.717, 1.165) is 22.2 Å². The Hall–Kier alpha value is -2.61. The summed E-state index contributed by atoms with van der Waals surface area (Å²) < 4.78 is 2.08. The highest BCUT2D eigenvalue weighted by Gasteiger charge is 2.17. The van der Waals surface area contributed by atoms with Crippen molar-refractivity contribution in [1.82, 2.24) is 4.98 Å². The Bertz CT molecular complexity index is 1210. The van der Waals surface area contributed by atoms with E-state index >= 15 is 0 Å². The third-order valence-corrected chi connectivity index (χ3v) is 4.73. The number of pyridine rings is 2. The second-order valence-electron chi connectivity index (χ2n) is 6.65. The number of hydrogen-bond donors (Lipinski definition) is 0. The van der Waals surface area contributed by atoms with Gasteiger partial charge >= 0.3 is 0 Å². The van der Waals surface area contributed by atoms with Gasteiger partial charge in [-0.1, -0.05) is 17.7 Å². The van der Waals surface area contributed by atoms with Crippen LogP contribution in [-0.4, -0.2) is 9.91 Å². The molecule has 0 amide bonds. The van der Waals surface area contributed by atoms with Gasteiger partial charge in [-0.05, 0) is 44.2 Å². The summed E-state index contributed by atoms with van der Waals surface area (Å²) in [5.74, 6) is 0. The molecule has 0 radical (unpaired) electrons. The van der Waals surface area contributed by atoms with Crippen LogP contribution in [0.2, 0.25) is 0 Å². The Morgan fingerprint density at radius 1 is 1.04 bits per heavy atom. The molecular weight excluding hydrogens is 453 g/mol. The molecule has 2 heterocycles. The van der Waals surface area contributed by atoms with Crippen LogP contribution in [0.5, 0.6) is 0 Å². The number of fused-ring (bicyclic) bond motifs is 2. The lowest BCUT2D eigenvalue weighted by Gasteiger charge is -2.06. The maximum atomic E-state index is 11.4. The lowest BCUT2D eigenvalue weighted by Crippen LogP contribution is -3.00. The molecule has 6 heteroatoms.